The van der Waals surface area contributed by atoms with Crippen LogP contribution in [0.3, 0.4) is 0 Å². The monoisotopic (exact) mass is 279 g/mol. The molecule has 0 aliphatic carbocycles. The van der Waals surface area contributed by atoms with Gasteiger partial charge in [-0.15, -0.1) is 0 Å². The van der Waals surface area contributed by atoms with Gasteiger partial charge in [0, 0.05) is 11.8 Å². The van der Waals surface area contributed by atoms with E-state index in [9.17, 15) is 9.18 Å². The lowest BCUT2D eigenvalue weighted by Crippen LogP contribution is -2.14. The van der Waals surface area contributed by atoms with E-state index in [1.165, 1.54) is 18.3 Å². The first kappa shape index (κ1) is 13.3. The number of nitrogens with one attached hydrogen (secondary N) is 1. The van der Waals surface area contributed by atoms with Crippen LogP contribution in [-0.4, -0.2) is 10.9 Å². The SMILES string of the molecule is Cc1ccnc(Cl)c1NC(=O)c1ccc(N)c(F)c1. The quantitative estimate of drug-likeness (QED) is 0.656. The molecule has 0 aliphatic rings. The minimum absolute atomic E-state index is 0.00728. The number of nitrogens with zero attached hydrogens (tertiary/aromatic N) is 1. The first-order chi connectivity index (χ1) is 8.99. The molecular weight excluding hydrogens is 269 g/mol. The number of rotatable bonds is 2. The Labute approximate surface area is 114 Å². The summed E-state index contributed by atoms with van der Waals surface area (Å²) >= 11 is 5.90. The summed E-state index contributed by atoms with van der Waals surface area (Å²) in [4.78, 5) is 15.9. The maximum Gasteiger partial charge on any atom is 0.255 e. The van der Waals surface area contributed by atoms with Gasteiger partial charge in [0.1, 0.15) is 5.82 Å². The molecule has 0 spiro atoms. The maximum absolute atomic E-state index is 13.3. The van der Waals surface area contributed by atoms with Gasteiger partial charge in [-0.3, -0.25) is 4.79 Å². The summed E-state index contributed by atoms with van der Waals surface area (Å²) in [6, 6.07) is 5.56. The molecule has 4 nitrogen and oxygen atoms in total. The number of carbonyl (C=O) groups excluding carboxylic acids is 1. The molecule has 1 aromatic carbocycles. The van der Waals surface area contributed by atoms with E-state index in [1.54, 1.807) is 13.0 Å². The van der Waals surface area contributed by atoms with Crippen LogP contribution < -0.4 is 11.1 Å². The minimum Gasteiger partial charge on any atom is -0.396 e. The van der Waals surface area contributed by atoms with Crippen molar-refractivity contribution in [1.29, 1.82) is 0 Å². The van der Waals surface area contributed by atoms with Crippen LogP contribution in [0.5, 0.6) is 0 Å². The molecule has 3 N–H and O–H groups in total. The van der Waals surface area contributed by atoms with Gasteiger partial charge in [0.25, 0.3) is 5.91 Å². The average Bonchev–Trinajstić information content (AvgIpc) is 2.37. The van der Waals surface area contributed by atoms with Crippen molar-refractivity contribution >= 4 is 28.9 Å². The molecule has 0 saturated heterocycles. The van der Waals surface area contributed by atoms with Gasteiger partial charge in [0.15, 0.2) is 5.15 Å². The molecule has 2 rings (SSSR count). The molecule has 6 heteroatoms. The molecule has 2 aromatic rings. The molecule has 0 radical (unpaired) electrons. The van der Waals surface area contributed by atoms with E-state index in [-0.39, 0.29) is 16.4 Å². The molecule has 1 aromatic heterocycles. The number of pyridine rings is 1. The fourth-order valence-corrected chi connectivity index (χ4v) is 1.78. The van der Waals surface area contributed by atoms with Crippen LogP contribution in [0.1, 0.15) is 15.9 Å². The number of carbonyl (C=O) groups is 1. The van der Waals surface area contributed by atoms with Gasteiger partial charge < -0.3 is 11.1 Å². The second-order valence-electron chi connectivity index (χ2n) is 3.98. The number of aromatic nitrogens is 1. The molecule has 0 saturated carbocycles. The standard InChI is InChI=1S/C13H11ClFN3O/c1-7-4-5-17-12(14)11(7)18-13(19)8-2-3-10(16)9(15)6-8/h2-6H,16H2,1H3,(H,18,19). The van der Waals surface area contributed by atoms with Gasteiger partial charge >= 0.3 is 0 Å². The summed E-state index contributed by atoms with van der Waals surface area (Å²) in [6.07, 6.45) is 1.54. The lowest BCUT2D eigenvalue weighted by molar-refractivity contribution is 0.102. The number of hydrogen-bond donors (Lipinski definition) is 2. The van der Waals surface area contributed by atoms with Gasteiger partial charge in [-0.2, -0.15) is 0 Å². The van der Waals surface area contributed by atoms with Crippen molar-refractivity contribution in [3.63, 3.8) is 0 Å². The van der Waals surface area contributed by atoms with E-state index >= 15 is 0 Å². The normalized spacial score (nSPS) is 10.3. The molecule has 0 fully saturated rings. The van der Waals surface area contributed by atoms with Crippen molar-refractivity contribution in [2.24, 2.45) is 0 Å². The maximum atomic E-state index is 13.3. The van der Waals surface area contributed by atoms with Crippen LogP contribution in [0.25, 0.3) is 0 Å². The second kappa shape index (κ2) is 5.24. The van der Waals surface area contributed by atoms with Gasteiger partial charge in [-0.1, -0.05) is 11.6 Å². The van der Waals surface area contributed by atoms with Crippen LogP contribution in [0.4, 0.5) is 15.8 Å². The van der Waals surface area contributed by atoms with Crippen molar-refractivity contribution in [2.75, 3.05) is 11.1 Å². The minimum atomic E-state index is -0.637. The van der Waals surface area contributed by atoms with E-state index in [2.05, 4.69) is 10.3 Å². The van der Waals surface area contributed by atoms with E-state index in [1.807, 2.05) is 0 Å². The summed E-state index contributed by atoms with van der Waals surface area (Å²) in [6.45, 7) is 1.78. The third-order valence-electron chi connectivity index (χ3n) is 2.61. The Morgan fingerprint density at radius 2 is 2.16 bits per heavy atom. The summed E-state index contributed by atoms with van der Waals surface area (Å²) in [7, 11) is 0. The van der Waals surface area contributed by atoms with E-state index in [4.69, 9.17) is 17.3 Å². The Kier molecular flexibility index (Phi) is 3.66. The molecule has 1 heterocycles. The largest absolute Gasteiger partial charge is 0.396 e. The second-order valence-corrected chi connectivity index (χ2v) is 4.34. The van der Waals surface area contributed by atoms with Gasteiger partial charge in [0.2, 0.25) is 0 Å². The number of amides is 1. The van der Waals surface area contributed by atoms with Crippen molar-refractivity contribution in [1.82, 2.24) is 4.98 Å². The number of aryl methyl sites for hydroxylation is 1. The predicted octanol–water partition coefficient (Wildman–Crippen LogP) is 3.02. The van der Waals surface area contributed by atoms with E-state index in [0.717, 1.165) is 11.6 Å². The highest BCUT2D eigenvalue weighted by molar-refractivity contribution is 6.32. The first-order valence-corrected chi connectivity index (χ1v) is 5.84. The van der Waals surface area contributed by atoms with E-state index < -0.39 is 11.7 Å². The summed E-state index contributed by atoms with van der Waals surface area (Å²) in [5.74, 6) is -1.11. The highest BCUT2D eigenvalue weighted by atomic mass is 35.5. The fraction of sp³-hybridized carbons (Fsp3) is 0.0769. The Bertz CT molecular complexity index is 626. The third kappa shape index (κ3) is 2.82. The van der Waals surface area contributed by atoms with Crippen molar-refractivity contribution in [3.05, 3.63) is 52.6 Å². The number of nitrogens with two attached hydrogens (primary N) is 1. The Morgan fingerprint density at radius 1 is 1.42 bits per heavy atom. The zero-order valence-electron chi connectivity index (χ0n) is 10.1. The van der Waals surface area contributed by atoms with Gasteiger partial charge in [-0.25, -0.2) is 9.37 Å². The Hall–Kier alpha value is -2.14. The van der Waals surface area contributed by atoms with Gasteiger partial charge in [0.05, 0.1) is 11.4 Å². The van der Waals surface area contributed by atoms with Crippen LogP contribution in [0.2, 0.25) is 5.15 Å². The van der Waals surface area contributed by atoms with Crippen LogP contribution in [0.15, 0.2) is 30.5 Å². The molecule has 0 unspecified atom stereocenters. The molecule has 98 valence electrons. The summed E-state index contributed by atoms with van der Waals surface area (Å²) in [5, 5.41) is 2.79. The van der Waals surface area contributed by atoms with Crippen molar-refractivity contribution < 1.29 is 9.18 Å². The zero-order chi connectivity index (χ0) is 14.0. The molecule has 0 bridgehead atoms. The lowest BCUT2D eigenvalue weighted by Gasteiger charge is -2.09. The number of halogens is 2. The molecule has 19 heavy (non-hydrogen) atoms. The molecule has 0 atom stereocenters. The van der Waals surface area contributed by atoms with E-state index in [0.29, 0.717) is 5.69 Å². The Morgan fingerprint density at radius 3 is 2.79 bits per heavy atom. The number of anilines is 2. The highest BCUT2D eigenvalue weighted by Crippen LogP contribution is 2.23. The summed E-state index contributed by atoms with van der Waals surface area (Å²) < 4.78 is 13.3. The topological polar surface area (TPSA) is 68.0 Å². The van der Waals surface area contributed by atoms with Crippen LogP contribution >= 0.6 is 11.6 Å². The Balaban J connectivity index is 2.28. The van der Waals surface area contributed by atoms with Crippen molar-refractivity contribution in [2.45, 2.75) is 6.92 Å². The molecule has 0 aliphatic heterocycles. The zero-order valence-corrected chi connectivity index (χ0v) is 10.8. The lowest BCUT2D eigenvalue weighted by atomic mass is 10.1. The van der Waals surface area contributed by atoms with Crippen LogP contribution in [0, 0.1) is 12.7 Å². The first-order valence-electron chi connectivity index (χ1n) is 5.46. The molecule has 1 amide bonds. The fourth-order valence-electron chi connectivity index (χ4n) is 1.53. The van der Waals surface area contributed by atoms with Gasteiger partial charge in [-0.05, 0) is 36.8 Å². The number of benzene rings is 1. The smallest absolute Gasteiger partial charge is 0.255 e. The van der Waals surface area contributed by atoms with Crippen LogP contribution in [-0.2, 0) is 0 Å². The number of hydrogen-bond acceptors (Lipinski definition) is 3. The highest BCUT2D eigenvalue weighted by Gasteiger charge is 2.12. The molecular formula is C13H11ClFN3O. The predicted molar refractivity (Wildman–Crippen MR) is 72.7 cm³/mol. The average molecular weight is 280 g/mol. The third-order valence-corrected chi connectivity index (χ3v) is 2.90. The summed E-state index contributed by atoms with van der Waals surface area (Å²) in [5.41, 5.74) is 6.68. The number of nitrogen functional groups attached to an aromatic ring is 1. The van der Waals surface area contributed by atoms with Crippen molar-refractivity contribution in [3.8, 4) is 0 Å².